The maximum absolute atomic E-state index is 10.6. The van der Waals surface area contributed by atoms with Crippen LogP contribution >= 0.6 is 0 Å². The molecule has 0 bridgehead atoms. The van der Waals surface area contributed by atoms with Crippen molar-refractivity contribution < 1.29 is 9.53 Å². The molecule has 0 spiro atoms. The van der Waals surface area contributed by atoms with Crippen LogP contribution in [-0.4, -0.2) is 5.97 Å². The Kier molecular flexibility index (Phi) is 2.20. The fourth-order valence-corrected chi connectivity index (χ4v) is 0.195. The summed E-state index contributed by atoms with van der Waals surface area (Å²) >= 11 is 0. The zero-order valence-electron chi connectivity index (χ0n) is 5.76. The van der Waals surface area contributed by atoms with Crippen LogP contribution in [0.2, 0.25) is 0 Å². The van der Waals surface area contributed by atoms with Crippen molar-refractivity contribution in [2.24, 2.45) is 5.41 Å². The average Bonchev–Trinajstić information content (AvgIpc) is 1.64. The van der Waals surface area contributed by atoms with Crippen LogP contribution in [0.1, 0.15) is 20.8 Å². The van der Waals surface area contributed by atoms with Gasteiger partial charge in [0.25, 0.3) is 6.26 Å². The smallest absolute Gasteiger partial charge is 0.326 e. The lowest BCUT2D eigenvalue weighted by molar-refractivity contribution is -0.145. The van der Waals surface area contributed by atoms with E-state index in [1.165, 1.54) is 6.26 Å². The van der Waals surface area contributed by atoms with E-state index in [-0.39, 0.29) is 0 Å². The molecule has 0 aliphatic rings. The SMILES string of the molecule is CC(C)(C)C(=O)OC#N. The van der Waals surface area contributed by atoms with Crippen LogP contribution in [0.15, 0.2) is 0 Å². The summed E-state index contributed by atoms with van der Waals surface area (Å²) in [7, 11) is 0. The lowest BCUT2D eigenvalue weighted by Gasteiger charge is -2.11. The van der Waals surface area contributed by atoms with Gasteiger partial charge in [0.1, 0.15) is 0 Å². The molecule has 0 aliphatic heterocycles. The Bertz CT molecular complexity index is 149. The van der Waals surface area contributed by atoms with E-state index in [4.69, 9.17) is 5.26 Å². The molecule has 0 amide bonds. The Balaban J connectivity index is 3.93. The molecular formula is C6H9NO2. The van der Waals surface area contributed by atoms with E-state index in [2.05, 4.69) is 4.74 Å². The van der Waals surface area contributed by atoms with Crippen LogP contribution in [0.4, 0.5) is 0 Å². The monoisotopic (exact) mass is 127 g/mol. The van der Waals surface area contributed by atoms with E-state index in [9.17, 15) is 4.79 Å². The number of ether oxygens (including phenoxy) is 1. The van der Waals surface area contributed by atoms with Crippen LogP contribution in [0.5, 0.6) is 0 Å². The van der Waals surface area contributed by atoms with Crippen molar-refractivity contribution in [3.8, 4) is 6.26 Å². The topological polar surface area (TPSA) is 50.1 Å². The van der Waals surface area contributed by atoms with Crippen LogP contribution in [0.25, 0.3) is 0 Å². The Morgan fingerprint density at radius 3 is 2.11 bits per heavy atom. The highest BCUT2D eigenvalue weighted by molar-refractivity contribution is 5.76. The van der Waals surface area contributed by atoms with Crippen molar-refractivity contribution in [3.63, 3.8) is 0 Å². The fourth-order valence-electron chi connectivity index (χ4n) is 0.195. The largest absolute Gasteiger partial charge is 0.351 e. The Hall–Kier alpha value is -1.04. The number of nitriles is 1. The van der Waals surface area contributed by atoms with Crippen LogP contribution in [0, 0.1) is 16.9 Å². The van der Waals surface area contributed by atoms with Crippen molar-refractivity contribution in [2.45, 2.75) is 20.8 Å². The molecule has 3 heteroatoms. The first-order chi connectivity index (χ1) is 3.98. The van der Waals surface area contributed by atoms with E-state index in [1.807, 2.05) is 0 Å². The molecule has 0 aromatic rings. The van der Waals surface area contributed by atoms with Crippen molar-refractivity contribution in [3.05, 3.63) is 0 Å². The first kappa shape index (κ1) is 7.96. The molecule has 0 heterocycles. The van der Waals surface area contributed by atoms with E-state index in [0.717, 1.165) is 0 Å². The second-order valence-electron chi connectivity index (χ2n) is 2.73. The van der Waals surface area contributed by atoms with E-state index >= 15 is 0 Å². The number of nitrogens with zero attached hydrogens (tertiary/aromatic N) is 1. The van der Waals surface area contributed by atoms with Gasteiger partial charge in [-0.3, -0.25) is 4.79 Å². The molecule has 9 heavy (non-hydrogen) atoms. The predicted molar refractivity (Wildman–Crippen MR) is 31.2 cm³/mol. The highest BCUT2D eigenvalue weighted by Crippen LogP contribution is 2.14. The van der Waals surface area contributed by atoms with Gasteiger partial charge in [-0.15, -0.1) is 5.26 Å². The fraction of sp³-hybridized carbons (Fsp3) is 0.667. The van der Waals surface area contributed by atoms with Gasteiger partial charge in [-0.05, 0) is 20.8 Å². The van der Waals surface area contributed by atoms with Crippen LogP contribution in [0.3, 0.4) is 0 Å². The zero-order chi connectivity index (χ0) is 7.49. The zero-order valence-corrected chi connectivity index (χ0v) is 5.76. The van der Waals surface area contributed by atoms with Gasteiger partial charge in [0, 0.05) is 0 Å². The van der Waals surface area contributed by atoms with Gasteiger partial charge in [-0.2, -0.15) is 0 Å². The minimum atomic E-state index is -0.574. The molecule has 0 aromatic carbocycles. The van der Waals surface area contributed by atoms with Gasteiger partial charge in [0.2, 0.25) is 0 Å². The Morgan fingerprint density at radius 2 is 2.00 bits per heavy atom. The van der Waals surface area contributed by atoms with E-state index in [1.54, 1.807) is 20.8 Å². The minimum absolute atomic E-state index is 0.495. The highest BCUT2D eigenvalue weighted by Gasteiger charge is 2.22. The maximum atomic E-state index is 10.6. The van der Waals surface area contributed by atoms with Gasteiger partial charge < -0.3 is 4.74 Å². The first-order valence-corrected chi connectivity index (χ1v) is 2.59. The molecule has 0 N–H and O–H groups in total. The summed E-state index contributed by atoms with van der Waals surface area (Å²) in [6.07, 6.45) is 1.32. The number of rotatable bonds is 0. The molecule has 0 saturated carbocycles. The Morgan fingerprint density at radius 1 is 1.56 bits per heavy atom. The summed E-state index contributed by atoms with van der Waals surface area (Å²) in [5, 5.41) is 7.91. The molecule has 50 valence electrons. The van der Waals surface area contributed by atoms with Gasteiger partial charge in [0.15, 0.2) is 0 Å². The normalized spacial score (nSPS) is 10.0. The van der Waals surface area contributed by atoms with Gasteiger partial charge >= 0.3 is 5.97 Å². The molecule has 0 aromatic heterocycles. The third-order valence-corrected chi connectivity index (χ3v) is 0.751. The second kappa shape index (κ2) is 2.49. The molecule has 0 unspecified atom stereocenters. The standard InChI is InChI=1S/C6H9NO2/c1-6(2,3)5(8)9-4-7/h1-3H3. The summed E-state index contributed by atoms with van der Waals surface area (Å²) in [4.78, 5) is 10.6. The predicted octanol–water partition coefficient (Wildman–Crippen LogP) is 1.06. The third-order valence-electron chi connectivity index (χ3n) is 0.751. The van der Waals surface area contributed by atoms with Crippen LogP contribution in [-0.2, 0) is 9.53 Å². The molecule has 0 radical (unpaired) electrons. The molecular weight excluding hydrogens is 118 g/mol. The van der Waals surface area contributed by atoms with Crippen molar-refractivity contribution in [1.82, 2.24) is 0 Å². The average molecular weight is 127 g/mol. The molecule has 0 atom stereocenters. The van der Waals surface area contributed by atoms with Crippen LogP contribution < -0.4 is 0 Å². The minimum Gasteiger partial charge on any atom is -0.351 e. The van der Waals surface area contributed by atoms with Crippen molar-refractivity contribution >= 4 is 5.97 Å². The maximum Gasteiger partial charge on any atom is 0.326 e. The molecule has 0 rings (SSSR count). The highest BCUT2D eigenvalue weighted by atomic mass is 16.5. The van der Waals surface area contributed by atoms with Crippen molar-refractivity contribution in [1.29, 1.82) is 5.26 Å². The second-order valence-corrected chi connectivity index (χ2v) is 2.73. The summed E-state index contributed by atoms with van der Waals surface area (Å²) in [6.45, 7) is 5.06. The summed E-state index contributed by atoms with van der Waals surface area (Å²) < 4.78 is 4.07. The first-order valence-electron chi connectivity index (χ1n) is 2.59. The molecule has 0 saturated heterocycles. The number of hydrogen-bond donors (Lipinski definition) is 0. The Labute approximate surface area is 54.2 Å². The summed E-state index contributed by atoms with van der Waals surface area (Å²) in [5.74, 6) is -0.495. The molecule has 3 nitrogen and oxygen atoms in total. The lowest BCUT2D eigenvalue weighted by Crippen LogP contribution is -2.20. The summed E-state index contributed by atoms with van der Waals surface area (Å²) in [6, 6.07) is 0. The van der Waals surface area contributed by atoms with Gasteiger partial charge in [0.05, 0.1) is 5.41 Å². The number of carbonyl (C=O) groups excluding carboxylic acids is 1. The lowest BCUT2D eigenvalue weighted by atomic mass is 9.98. The van der Waals surface area contributed by atoms with Crippen molar-refractivity contribution in [2.75, 3.05) is 0 Å². The number of esters is 1. The summed E-state index contributed by atoms with van der Waals surface area (Å²) in [5.41, 5.74) is -0.574. The molecule has 0 fully saturated rings. The number of hydrogen-bond acceptors (Lipinski definition) is 3. The molecule has 0 aliphatic carbocycles. The third kappa shape index (κ3) is 2.70. The number of carbonyl (C=O) groups is 1. The van der Waals surface area contributed by atoms with Gasteiger partial charge in [-0.25, -0.2) is 0 Å². The van der Waals surface area contributed by atoms with Gasteiger partial charge in [-0.1, -0.05) is 0 Å². The quantitative estimate of drug-likeness (QED) is 0.361. The van der Waals surface area contributed by atoms with E-state index < -0.39 is 11.4 Å². The van der Waals surface area contributed by atoms with E-state index in [0.29, 0.717) is 0 Å².